The van der Waals surface area contributed by atoms with E-state index in [0.717, 1.165) is 0 Å². The van der Waals surface area contributed by atoms with Crippen LogP contribution in [0.4, 0.5) is 5.69 Å². The molecule has 0 atom stereocenters. The Bertz CT molecular complexity index is 613. The first kappa shape index (κ1) is 13.2. The minimum atomic E-state index is -0.316. The SMILES string of the molecule is O=C(CNc1ccccc1Cl)c1ccc(O)c(O)c1. The highest BCUT2D eigenvalue weighted by molar-refractivity contribution is 6.33. The van der Waals surface area contributed by atoms with Crippen molar-refractivity contribution < 1.29 is 15.0 Å². The van der Waals surface area contributed by atoms with Gasteiger partial charge in [-0.25, -0.2) is 0 Å². The Kier molecular flexibility index (Phi) is 3.92. The maximum atomic E-state index is 11.9. The lowest BCUT2D eigenvalue weighted by atomic mass is 10.1. The normalized spacial score (nSPS) is 10.2. The van der Waals surface area contributed by atoms with Crippen LogP contribution in [0.5, 0.6) is 11.5 Å². The summed E-state index contributed by atoms with van der Waals surface area (Å²) in [6, 6.07) is 11.1. The molecule has 0 bridgehead atoms. The number of hydrogen-bond donors (Lipinski definition) is 3. The van der Waals surface area contributed by atoms with E-state index in [4.69, 9.17) is 11.6 Å². The van der Waals surface area contributed by atoms with E-state index in [-0.39, 0.29) is 23.8 Å². The van der Waals surface area contributed by atoms with Gasteiger partial charge in [-0.05, 0) is 30.3 Å². The molecule has 0 heterocycles. The minimum absolute atomic E-state index is 0.0496. The van der Waals surface area contributed by atoms with Crippen molar-refractivity contribution in [1.29, 1.82) is 0 Å². The first-order valence-electron chi connectivity index (χ1n) is 5.61. The van der Waals surface area contributed by atoms with Crippen LogP contribution in [-0.4, -0.2) is 22.5 Å². The zero-order chi connectivity index (χ0) is 13.8. The molecule has 0 saturated carbocycles. The zero-order valence-corrected chi connectivity index (χ0v) is 10.7. The standard InChI is InChI=1S/C14H12ClNO3/c15-10-3-1-2-4-11(10)16-8-14(19)9-5-6-12(17)13(18)7-9/h1-7,16-18H,8H2. The van der Waals surface area contributed by atoms with Crippen molar-refractivity contribution in [3.05, 3.63) is 53.1 Å². The molecule has 0 saturated heterocycles. The van der Waals surface area contributed by atoms with Gasteiger partial charge in [0.15, 0.2) is 17.3 Å². The molecule has 2 rings (SSSR count). The van der Waals surface area contributed by atoms with Crippen LogP contribution in [0.3, 0.4) is 0 Å². The summed E-state index contributed by atoms with van der Waals surface area (Å²) < 4.78 is 0. The highest BCUT2D eigenvalue weighted by Crippen LogP contribution is 2.25. The Morgan fingerprint density at radius 2 is 1.84 bits per heavy atom. The molecule has 0 aliphatic rings. The molecule has 19 heavy (non-hydrogen) atoms. The predicted octanol–water partition coefficient (Wildman–Crippen LogP) is 3.05. The number of nitrogens with one attached hydrogen (secondary N) is 1. The smallest absolute Gasteiger partial charge is 0.181 e. The number of carbonyl (C=O) groups excluding carboxylic acids is 1. The fourth-order valence-electron chi connectivity index (χ4n) is 1.58. The molecule has 0 radical (unpaired) electrons. The van der Waals surface area contributed by atoms with E-state index in [2.05, 4.69) is 5.32 Å². The Morgan fingerprint density at radius 3 is 2.53 bits per heavy atom. The Hall–Kier alpha value is -2.20. The summed E-state index contributed by atoms with van der Waals surface area (Å²) in [4.78, 5) is 11.9. The maximum absolute atomic E-state index is 11.9. The quantitative estimate of drug-likeness (QED) is 0.593. The van der Waals surface area contributed by atoms with Crippen LogP contribution in [0.15, 0.2) is 42.5 Å². The van der Waals surface area contributed by atoms with Gasteiger partial charge in [0.25, 0.3) is 0 Å². The summed E-state index contributed by atoms with van der Waals surface area (Å²) in [5, 5.41) is 22.0. The molecule has 4 nitrogen and oxygen atoms in total. The number of carbonyl (C=O) groups is 1. The summed E-state index contributed by atoms with van der Waals surface area (Å²) >= 11 is 5.95. The van der Waals surface area contributed by atoms with Crippen LogP contribution >= 0.6 is 11.6 Å². The molecule has 2 aromatic carbocycles. The molecule has 0 aromatic heterocycles. The topological polar surface area (TPSA) is 69.6 Å². The van der Waals surface area contributed by atoms with Crippen molar-refractivity contribution >= 4 is 23.1 Å². The number of aromatic hydroxyl groups is 2. The predicted molar refractivity (Wildman–Crippen MR) is 74.0 cm³/mol. The van der Waals surface area contributed by atoms with Crippen LogP contribution in [0.25, 0.3) is 0 Å². The minimum Gasteiger partial charge on any atom is -0.504 e. The second-order valence-corrected chi connectivity index (χ2v) is 4.37. The molecular formula is C14H12ClNO3. The van der Waals surface area contributed by atoms with Crippen molar-refractivity contribution in [2.24, 2.45) is 0 Å². The first-order valence-corrected chi connectivity index (χ1v) is 5.99. The van der Waals surface area contributed by atoms with E-state index in [1.54, 1.807) is 18.2 Å². The van der Waals surface area contributed by atoms with Gasteiger partial charge in [0.2, 0.25) is 0 Å². The second kappa shape index (κ2) is 5.63. The van der Waals surface area contributed by atoms with Gasteiger partial charge >= 0.3 is 0 Å². The number of hydrogen-bond acceptors (Lipinski definition) is 4. The van der Waals surface area contributed by atoms with Crippen LogP contribution in [0, 0.1) is 0 Å². The number of phenols is 2. The van der Waals surface area contributed by atoms with E-state index >= 15 is 0 Å². The van der Waals surface area contributed by atoms with Crippen LogP contribution < -0.4 is 5.32 Å². The molecular weight excluding hydrogens is 266 g/mol. The van der Waals surface area contributed by atoms with Crippen molar-refractivity contribution in [3.8, 4) is 11.5 Å². The van der Waals surface area contributed by atoms with E-state index in [0.29, 0.717) is 16.3 Å². The van der Waals surface area contributed by atoms with Gasteiger partial charge in [0, 0.05) is 5.56 Å². The summed E-state index contributed by atoms with van der Waals surface area (Å²) in [5.41, 5.74) is 0.982. The number of rotatable bonds is 4. The van der Waals surface area contributed by atoms with Crippen LogP contribution in [-0.2, 0) is 0 Å². The van der Waals surface area contributed by atoms with Gasteiger partial charge in [-0.2, -0.15) is 0 Å². The average molecular weight is 278 g/mol. The number of Topliss-reactive ketones (excluding diaryl/α,β-unsaturated/α-hetero) is 1. The zero-order valence-electron chi connectivity index (χ0n) is 9.93. The average Bonchev–Trinajstić information content (AvgIpc) is 2.40. The van der Waals surface area contributed by atoms with Crippen molar-refractivity contribution in [3.63, 3.8) is 0 Å². The third kappa shape index (κ3) is 3.17. The van der Waals surface area contributed by atoms with E-state index < -0.39 is 0 Å². The molecule has 5 heteroatoms. The third-order valence-corrected chi connectivity index (χ3v) is 2.94. The summed E-state index contributed by atoms with van der Waals surface area (Å²) in [5.74, 6) is -0.783. The number of halogens is 1. The summed E-state index contributed by atoms with van der Waals surface area (Å²) in [6.07, 6.45) is 0. The van der Waals surface area contributed by atoms with Gasteiger partial charge < -0.3 is 15.5 Å². The summed E-state index contributed by atoms with van der Waals surface area (Å²) in [7, 11) is 0. The number of anilines is 1. The number of benzene rings is 2. The van der Waals surface area contributed by atoms with Gasteiger partial charge in [0.1, 0.15) is 0 Å². The molecule has 0 aliphatic heterocycles. The molecule has 2 aromatic rings. The second-order valence-electron chi connectivity index (χ2n) is 3.96. The Morgan fingerprint density at radius 1 is 1.11 bits per heavy atom. The first-order chi connectivity index (χ1) is 9.08. The molecule has 3 N–H and O–H groups in total. The molecule has 0 spiro atoms. The molecule has 98 valence electrons. The van der Waals surface area contributed by atoms with Crippen LogP contribution in [0.1, 0.15) is 10.4 Å². The van der Waals surface area contributed by atoms with Crippen molar-refractivity contribution in [2.45, 2.75) is 0 Å². The Labute approximate surface area is 115 Å². The summed E-state index contributed by atoms with van der Waals surface area (Å²) in [6.45, 7) is 0.0496. The van der Waals surface area contributed by atoms with Gasteiger partial charge in [-0.3, -0.25) is 4.79 Å². The number of ketones is 1. The lowest BCUT2D eigenvalue weighted by Gasteiger charge is -2.08. The fraction of sp³-hybridized carbons (Fsp3) is 0.0714. The van der Waals surface area contributed by atoms with Crippen molar-refractivity contribution in [2.75, 3.05) is 11.9 Å². The molecule has 0 fully saturated rings. The number of para-hydroxylation sites is 1. The highest BCUT2D eigenvalue weighted by atomic mass is 35.5. The monoisotopic (exact) mass is 277 g/mol. The largest absolute Gasteiger partial charge is 0.504 e. The third-order valence-electron chi connectivity index (χ3n) is 2.61. The fourth-order valence-corrected chi connectivity index (χ4v) is 1.78. The highest BCUT2D eigenvalue weighted by Gasteiger charge is 2.09. The molecule has 0 amide bonds. The van der Waals surface area contributed by atoms with Crippen molar-refractivity contribution in [1.82, 2.24) is 0 Å². The molecule has 0 aliphatic carbocycles. The van der Waals surface area contributed by atoms with E-state index in [1.165, 1.54) is 18.2 Å². The van der Waals surface area contributed by atoms with Gasteiger partial charge in [-0.15, -0.1) is 0 Å². The van der Waals surface area contributed by atoms with Crippen LogP contribution in [0.2, 0.25) is 5.02 Å². The van der Waals surface area contributed by atoms with Gasteiger partial charge in [0.05, 0.1) is 17.3 Å². The van der Waals surface area contributed by atoms with E-state index in [1.807, 2.05) is 6.07 Å². The lowest BCUT2D eigenvalue weighted by Crippen LogP contribution is -2.14. The van der Waals surface area contributed by atoms with E-state index in [9.17, 15) is 15.0 Å². The lowest BCUT2D eigenvalue weighted by molar-refractivity contribution is 0.101. The maximum Gasteiger partial charge on any atom is 0.181 e. The molecule has 0 unspecified atom stereocenters. The number of phenolic OH excluding ortho intramolecular Hbond substituents is 2. The Balaban J connectivity index is 2.05. The van der Waals surface area contributed by atoms with Gasteiger partial charge in [-0.1, -0.05) is 23.7 Å².